The van der Waals surface area contributed by atoms with Crippen molar-refractivity contribution in [2.45, 2.75) is 19.5 Å². The minimum Gasteiger partial charge on any atom is -0.463 e. The van der Waals surface area contributed by atoms with Gasteiger partial charge in [-0.25, -0.2) is 4.79 Å². The molecular weight excluding hydrogens is 390 g/mol. The summed E-state index contributed by atoms with van der Waals surface area (Å²) in [5.74, 6) is -0.0254. The number of thiophene rings is 1. The van der Waals surface area contributed by atoms with Crippen LogP contribution in [0.25, 0.3) is 0 Å². The number of nitrogen functional groups attached to an aromatic ring is 1. The lowest BCUT2D eigenvalue weighted by atomic mass is 10.0. The number of hydrogen-bond donors (Lipinski definition) is 3. The highest BCUT2D eigenvalue weighted by atomic mass is 32.1. The van der Waals surface area contributed by atoms with E-state index >= 15 is 0 Å². The summed E-state index contributed by atoms with van der Waals surface area (Å²) in [6.45, 7) is 2.31. The van der Waals surface area contributed by atoms with Gasteiger partial charge in [-0.1, -0.05) is 30.3 Å². The van der Waals surface area contributed by atoms with Gasteiger partial charge in [-0.15, -0.1) is 11.3 Å². The summed E-state index contributed by atoms with van der Waals surface area (Å²) in [6, 6.07) is 13.5. The van der Waals surface area contributed by atoms with Gasteiger partial charge in [0.2, 0.25) is 0 Å². The Morgan fingerprint density at radius 3 is 2.62 bits per heavy atom. The summed E-state index contributed by atoms with van der Waals surface area (Å²) in [4.78, 5) is 25.3. The Bertz CT molecular complexity index is 967. The highest BCUT2D eigenvalue weighted by molar-refractivity contribution is 7.18. The molecule has 1 atom stereocenters. The Morgan fingerprint density at radius 1 is 1.24 bits per heavy atom. The van der Waals surface area contributed by atoms with Gasteiger partial charge >= 0.3 is 5.97 Å². The van der Waals surface area contributed by atoms with Crippen LogP contribution in [-0.4, -0.2) is 25.5 Å². The van der Waals surface area contributed by atoms with Crippen LogP contribution in [0.1, 0.15) is 49.9 Å². The van der Waals surface area contributed by atoms with Gasteiger partial charge in [-0.05, 0) is 19.1 Å². The normalized spacial score (nSPS) is 11.8. The average Bonchev–Trinajstić information content (AvgIpc) is 3.37. The number of furan rings is 1. The Kier molecular flexibility index (Phi) is 6.69. The predicted molar refractivity (Wildman–Crippen MR) is 111 cm³/mol. The van der Waals surface area contributed by atoms with E-state index in [1.54, 1.807) is 20.2 Å². The molecule has 8 heteroatoms. The van der Waals surface area contributed by atoms with Crippen molar-refractivity contribution >= 4 is 28.2 Å². The van der Waals surface area contributed by atoms with Crippen molar-refractivity contribution in [2.24, 2.45) is 0 Å². The first-order valence-corrected chi connectivity index (χ1v) is 10.1. The topological polar surface area (TPSA) is 111 Å². The van der Waals surface area contributed by atoms with Crippen LogP contribution in [0.3, 0.4) is 0 Å². The van der Waals surface area contributed by atoms with Crippen LogP contribution in [0.4, 0.5) is 5.00 Å². The number of nitrogens with one attached hydrogen (secondary N) is 1. The molecule has 5 N–H and O–H groups in total. The number of hydrogen-bond acceptors (Lipinski definition) is 6. The monoisotopic (exact) mass is 414 g/mol. The third-order valence-corrected chi connectivity index (χ3v) is 5.57. The van der Waals surface area contributed by atoms with E-state index in [0.29, 0.717) is 17.0 Å². The molecule has 3 rings (SSSR count). The summed E-state index contributed by atoms with van der Waals surface area (Å²) >= 11 is 1.09. The van der Waals surface area contributed by atoms with E-state index in [2.05, 4.69) is 5.32 Å². The number of benzene rings is 1. The van der Waals surface area contributed by atoms with Gasteiger partial charge < -0.3 is 25.5 Å². The van der Waals surface area contributed by atoms with E-state index in [1.165, 1.54) is 0 Å². The van der Waals surface area contributed by atoms with Crippen LogP contribution in [-0.2, 0) is 11.3 Å². The molecule has 2 heterocycles. The number of esters is 1. The van der Waals surface area contributed by atoms with Gasteiger partial charge in [0.05, 0.1) is 12.9 Å². The fourth-order valence-electron chi connectivity index (χ4n) is 3.18. The molecule has 3 aromatic rings. The average molecular weight is 415 g/mol. The summed E-state index contributed by atoms with van der Waals surface area (Å²) in [5.41, 5.74) is 7.96. The summed E-state index contributed by atoms with van der Waals surface area (Å²) < 4.78 is 10.8. The van der Waals surface area contributed by atoms with Crippen molar-refractivity contribution in [1.82, 2.24) is 5.32 Å². The first-order chi connectivity index (χ1) is 14.1. The number of amides is 1. The second kappa shape index (κ2) is 9.40. The Hall–Kier alpha value is -3.10. The quantitative estimate of drug-likeness (QED) is 0.490. The van der Waals surface area contributed by atoms with Crippen molar-refractivity contribution < 1.29 is 24.1 Å². The number of nitrogens with two attached hydrogens (primary N) is 2. The van der Waals surface area contributed by atoms with Crippen molar-refractivity contribution in [3.63, 3.8) is 0 Å². The van der Waals surface area contributed by atoms with Crippen molar-refractivity contribution in [2.75, 3.05) is 19.4 Å². The van der Waals surface area contributed by atoms with Crippen LogP contribution in [0.15, 0.2) is 53.1 Å². The third-order valence-electron chi connectivity index (χ3n) is 4.51. The van der Waals surface area contributed by atoms with Crippen LogP contribution >= 0.6 is 11.3 Å². The molecule has 0 spiro atoms. The molecular formula is C21H24N3O4S+. The Labute approximate surface area is 172 Å². The molecule has 152 valence electrons. The zero-order valence-corrected chi connectivity index (χ0v) is 17.1. The molecule has 0 aliphatic carbocycles. The smallest absolute Gasteiger partial charge is 0.341 e. The molecule has 0 saturated carbocycles. The van der Waals surface area contributed by atoms with Crippen molar-refractivity contribution in [3.8, 4) is 0 Å². The second-order valence-corrected chi connectivity index (χ2v) is 7.34. The summed E-state index contributed by atoms with van der Waals surface area (Å²) in [7, 11) is 1.55. The maximum Gasteiger partial charge on any atom is 0.341 e. The first kappa shape index (κ1) is 20.6. The van der Waals surface area contributed by atoms with Gasteiger partial charge in [-0.2, -0.15) is 0 Å². The molecule has 0 saturated heterocycles. The fourth-order valence-corrected chi connectivity index (χ4v) is 4.22. The van der Waals surface area contributed by atoms with Gasteiger partial charge in [0.15, 0.2) is 11.8 Å². The molecule has 7 nitrogen and oxygen atoms in total. The van der Waals surface area contributed by atoms with Crippen LogP contribution in [0.2, 0.25) is 0 Å². The van der Waals surface area contributed by atoms with Crippen molar-refractivity contribution in [1.29, 1.82) is 0 Å². The highest BCUT2D eigenvalue weighted by Crippen LogP contribution is 2.32. The minimum atomic E-state index is -0.519. The molecule has 0 aliphatic heterocycles. The zero-order valence-electron chi connectivity index (χ0n) is 16.3. The third kappa shape index (κ3) is 4.49. The number of rotatable bonds is 8. The predicted octanol–water partition coefficient (Wildman–Crippen LogP) is 2.31. The highest BCUT2D eigenvalue weighted by Gasteiger charge is 2.29. The van der Waals surface area contributed by atoms with E-state index in [1.807, 2.05) is 47.8 Å². The van der Waals surface area contributed by atoms with E-state index in [-0.39, 0.29) is 29.1 Å². The van der Waals surface area contributed by atoms with Crippen LogP contribution in [0, 0.1) is 0 Å². The molecule has 0 aliphatic rings. The molecule has 1 aromatic carbocycles. The van der Waals surface area contributed by atoms with E-state index in [4.69, 9.17) is 14.9 Å². The largest absolute Gasteiger partial charge is 0.463 e. The Balaban J connectivity index is 1.97. The molecule has 0 bridgehead atoms. The standard InChI is InChI=1S/C21H23N3O4S/c1-3-27-21(26)16-14(18(20(25)23-2)29-19(16)22)12-24-17(15-10-7-11-28-15)13-8-5-4-6-9-13/h4-11,17,24H,3,12,22H2,1-2H3,(H,23,25)/p+1/t17-/m0/s1. The number of carbonyl (C=O) groups excluding carboxylic acids is 2. The molecule has 0 unspecified atom stereocenters. The van der Waals surface area contributed by atoms with Crippen molar-refractivity contribution in [3.05, 3.63) is 76.1 Å². The maximum atomic E-state index is 12.5. The number of ether oxygens (including phenoxy) is 1. The van der Waals surface area contributed by atoms with E-state index in [0.717, 1.165) is 22.7 Å². The van der Waals surface area contributed by atoms with E-state index in [9.17, 15) is 9.59 Å². The van der Waals surface area contributed by atoms with Gasteiger partial charge in [-0.3, -0.25) is 4.79 Å². The van der Waals surface area contributed by atoms with Gasteiger partial charge in [0.25, 0.3) is 5.91 Å². The molecule has 0 radical (unpaired) electrons. The summed E-state index contributed by atoms with van der Waals surface area (Å²) in [5, 5.41) is 4.91. The van der Waals surface area contributed by atoms with Gasteiger partial charge in [0, 0.05) is 18.2 Å². The second-order valence-electron chi connectivity index (χ2n) is 6.29. The SMILES string of the molecule is CCOC(=O)c1c(N)sc(C(=O)NC)c1C[NH2+][C@@H](c1ccccc1)c1ccco1. The lowest BCUT2D eigenvalue weighted by Gasteiger charge is -2.15. The number of carbonyl (C=O) groups is 2. The lowest BCUT2D eigenvalue weighted by Crippen LogP contribution is -2.84. The summed E-state index contributed by atoms with van der Waals surface area (Å²) in [6.07, 6.45) is 1.63. The lowest BCUT2D eigenvalue weighted by molar-refractivity contribution is -0.704. The van der Waals surface area contributed by atoms with Crippen LogP contribution < -0.4 is 16.4 Å². The van der Waals surface area contributed by atoms with Gasteiger partial charge in [0.1, 0.15) is 22.0 Å². The fraction of sp³-hybridized carbons (Fsp3) is 0.238. The first-order valence-electron chi connectivity index (χ1n) is 9.28. The number of quaternary nitrogens is 1. The molecule has 1 amide bonds. The molecule has 2 aromatic heterocycles. The number of anilines is 1. The van der Waals surface area contributed by atoms with Crippen LogP contribution in [0.5, 0.6) is 0 Å². The molecule has 0 fully saturated rings. The van der Waals surface area contributed by atoms with E-state index < -0.39 is 5.97 Å². The Morgan fingerprint density at radius 2 is 2.00 bits per heavy atom. The minimum absolute atomic E-state index is 0.139. The maximum absolute atomic E-state index is 12.5. The zero-order chi connectivity index (χ0) is 20.8. The molecule has 29 heavy (non-hydrogen) atoms.